The van der Waals surface area contributed by atoms with Crippen LogP contribution < -0.4 is 5.73 Å². The molecule has 0 atom stereocenters. The lowest BCUT2D eigenvalue weighted by Gasteiger charge is -2.04. The van der Waals surface area contributed by atoms with Gasteiger partial charge in [-0.05, 0) is 18.7 Å². The fraction of sp³-hybridized carbons (Fsp3) is 0.111. The quantitative estimate of drug-likeness (QED) is 0.244. The number of hydrogen-bond acceptors (Lipinski definition) is 8. The van der Waals surface area contributed by atoms with Crippen LogP contribution in [0, 0.1) is 17.0 Å². The van der Waals surface area contributed by atoms with Gasteiger partial charge in [0.15, 0.2) is 5.84 Å². The van der Waals surface area contributed by atoms with Gasteiger partial charge in [0.25, 0.3) is 5.69 Å². The zero-order valence-corrected chi connectivity index (χ0v) is 11.0. The first-order valence-corrected chi connectivity index (χ1v) is 6.02. The third-order valence-electron chi connectivity index (χ3n) is 2.20. The second-order valence-corrected chi connectivity index (χ2v) is 4.55. The van der Waals surface area contributed by atoms with Gasteiger partial charge in [-0.15, -0.1) is 5.10 Å². The molecule has 0 unspecified atom stereocenters. The standard InChI is InChI=1S/C9H9N7O3S/c1-4-12-9(14-13-4)20-8-6(7(10)15-17)2-5(3-11-8)16(18)19/h2-3,17H,1H3,(H2,10,15)(H,12,13,14). The number of aromatic amines is 1. The Morgan fingerprint density at radius 2 is 2.40 bits per heavy atom. The minimum absolute atomic E-state index is 0.133. The molecule has 0 bridgehead atoms. The number of nitrogens with one attached hydrogen (secondary N) is 1. The highest BCUT2D eigenvalue weighted by Gasteiger charge is 2.17. The lowest BCUT2D eigenvalue weighted by Crippen LogP contribution is -2.15. The number of hydrogen-bond donors (Lipinski definition) is 3. The van der Waals surface area contributed by atoms with Crippen LogP contribution in [0.1, 0.15) is 11.4 Å². The predicted octanol–water partition coefficient (Wildman–Crippen LogP) is 0.662. The zero-order valence-electron chi connectivity index (χ0n) is 10.1. The highest BCUT2D eigenvalue weighted by Crippen LogP contribution is 2.28. The topological polar surface area (TPSA) is 156 Å². The monoisotopic (exact) mass is 295 g/mol. The maximum atomic E-state index is 10.7. The number of H-pyrrole nitrogens is 1. The zero-order chi connectivity index (χ0) is 14.7. The maximum Gasteiger partial charge on any atom is 0.288 e. The van der Waals surface area contributed by atoms with Crippen LogP contribution in [0.15, 0.2) is 27.6 Å². The number of amidine groups is 1. The molecule has 0 aromatic carbocycles. The van der Waals surface area contributed by atoms with E-state index in [0.717, 1.165) is 18.0 Å². The third kappa shape index (κ3) is 2.83. The van der Waals surface area contributed by atoms with Crippen LogP contribution in [-0.4, -0.2) is 36.1 Å². The Hall–Kier alpha value is -2.69. The van der Waals surface area contributed by atoms with Gasteiger partial charge in [-0.25, -0.2) is 9.97 Å². The molecule has 0 spiro atoms. The third-order valence-corrected chi connectivity index (χ3v) is 3.08. The van der Waals surface area contributed by atoms with E-state index in [0.29, 0.717) is 16.0 Å². The predicted molar refractivity (Wildman–Crippen MR) is 68.6 cm³/mol. The highest BCUT2D eigenvalue weighted by molar-refractivity contribution is 7.99. The largest absolute Gasteiger partial charge is 0.409 e. The number of nitrogens with zero attached hydrogens (tertiary/aromatic N) is 5. The molecule has 0 radical (unpaired) electrons. The summed E-state index contributed by atoms with van der Waals surface area (Å²) in [6.07, 6.45) is 1.08. The first kappa shape index (κ1) is 13.7. The second-order valence-electron chi connectivity index (χ2n) is 3.59. The summed E-state index contributed by atoms with van der Waals surface area (Å²) < 4.78 is 0. The van der Waals surface area contributed by atoms with E-state index in [1.165, 1.54) is 6.07 Å². The number of nitrogens with two attached hydrogens (primary N) is 1. The van der Waals surface area contributed by atoms with Gasteiger partial charge in [-0.2, -0.15) is 0 Å². The molecule has 2 aromatic heterocycles. The summed E-state index contributed by atoms with van der Waals surface area (Å²) in [6, 6.07) is 1.17. The van der Waals surface area contributed by atoms with Gasteiger partial charge in [0.2, 0.25) is 5.16 Å². The molecule has 11 heteroatoms. The average Bonchev–Trinajstić information content (AvgIpc) is 2.83. The Kier molecular flexibility index (Phi) is 3.79. The summed E-state index contributed by atoms with van der Waals surface area (Å²) in [6.45, 7) is 1.73. The molecule has 0 amide bonds. The van der Waals surface area contributed by atoms with Crippen molar-refractivity contribution in [2.75, 3.05) is 0 Å². The van der Waals surface area contributed by atoms with Crippen LogP contribution in [0.5, 0.6) is 0 Å². The second kappa shape index (κ2) is 5.52. The fourth-order valence-electron chi connectivity index (χ4n) is 1.31. The number of aromatic nitrogens is 4. The number of nitro groups is 1. The smallest absolute Gasteiger partial charge is 0.288 e. The number of aryl methyl sites for hydroxylation is 1. The summed E-state index contributed by atoms with van der Waals surface area (Å²) in [5, 5.41) is 29.5. The first-order chi connectivity index (χ1) is 9.51. The van der Waals surface area contributed by atoms with Crippen molar-refractivity contribution >= 4 is 23.3 Å². The maximum absolute atomic E-state index is 10.7. The SMILES string of the molecule is Cc1nc(Sc2ncc([N+](=O)[O-])cc2C(N)=NO)n[nH]1. The van der Waals surface area contributed by atoms with E-state index in [-0.39, 0.29) is 17.1 Å². The van der Waals surface area contributed by atoms with E-state index in [1.54, 1.807) is 6.92 Å². The fourth-order valence-corrected chi connectivity index (χ4v) is 2.14. The van der Waals surface area contributed by atoms with Crippen molar-refractivity contribution in [3.63, 3.8) is 0 Å². The minimum atomic E-state index is -0.619. The van der Waals surface area contributed by atoms with Gasteiger partial charge in [0.1, 0.15) is 17.0 Å². The Morgan fingerprint density at radius 3 is 2.95 bits per heavy atom. The van der Waals surface area contributed by atoms with Crippen molar-refractivity contribution in [2.24, 2.45) is 10.9 Å². The molecule has 2 rings (SSSR count). The van der Waals surface area contributed by atoms with Crippen molar-refractivity contribution in [1.29, 1.82) is 0 Å². The van der Waals surface area contributed by atoms with E-state index in [9.17, 15) is 10.1 Å². The van der Waals surface area contributed by atoms with Crippen molar-refractivity contribution in [3.8, 4) is 0 Å². The van der Waals surface area contributed by atoms with Gasteiger partial charge in [-0.1, -0.05) is 5.16 Å². The normalized spacial score (nSPS) is 11.6. The number of pyridine rings is 1. The summed E-state index contributed by atoms with van der Waals surface area (Å²) in [4.78, 5) is 18.1. The number of oxime groups is 1. The Balaban J connectivity index is 2.43. The Morgan fingerprint density at radius 1 is 1.65 bits per heavy atom. The van der Waals surface area contributed by atoms with E-state index in [4.69, 9.17) is 10.9 Å². The van der Waals surface area contributed by atoms with Crippen molar-refractivity contribution in [1.82, 2.24) is 20.2 Å². The molecule has 0 aliphatic heterocycles. The lowest BCUT2D eigenvalue weighted by atomic mass is 10.2. The summed E-state index contributed by atoms with van der Waals surface area (Å²) in [7, 11) is 0. The van der Waals surface area contributed by atoms with Gasteiger partial charge >= 0.3 is 0 Å². The van der Waals surface area contributed by atoms with Gasteiger partial charge in [-0.3, -0.25) is 15.2 Å². The van der Waals surface area contributed by atoms with Gasteiger partial charge in [0, 0.05) is 6.07 Å². The van der Waals surface area contributed by atoms with Crippen molar-refractivity contribution in [3.05, 3.63) is 33.8 Å². The molecule has 0 saturated carbocycles. The Labute approximate surface area is 116 Å². The minimum Gasteiger partial charge on any atom is -0.409 e. The lowest BCUT2D eigenvalue weighted by molar-refractivity contribution is -0.385. The molecule has 2 heterocycles. The van der Waals surface area contributed by atoms with Crippen LogP contribution in [0.4, 0.5) is 5.69 Å². The summed E-state index contributed by atoms with van der Waals surface area (Å²) in [5.74, 6) is 0.329. The van der Waals surface area contributed by atoms with E-state index in [1.807, 2.05) is 0 Å². The molecule has 104 valence electrons. The first-order valence-electron chi connectivity index (χ1n) is 5.20. The molecule has 10 nitrogen and oxygen atoms in total. The molecule has 20 heavy (non-hydrogen) atoms. The highest BCUT2D eigenvalue weighted by atomic mass is 32.2. The van der Waals surface area contributed by atoms with Crippen LogP contribution >= 0.6 is 11.8 Å². The van der Waals surface area contributed by atoms with Gasteiger partial charge < -0.3 is 10.9 Å². The molecule has 2 aromatic rings. The Bertz CT molecular complexity index is 684. The van der Waals surface area contributed by atoms with Crippen LogP contribution in [-0.2, 0) is 0 Å². The van der Waals surface area contributed by atoms with Crippen molar-refractivity contribution in [2.45, 2.75) is 17.1 Å². The van der Waals surface area contributed by atoms with Gasteiger partial charge in [0.05, 0.1) is 10.5 Å². The molecule has 0 fully saturated rings. The molecule has 0 aliphatic carbocycles. The van der Waals surface area contributed by atoms with Crippen LogP contribution in [0.25, 0.3) is 0 Å². The molecular formula is C9H9N7O3S. The molecular weight excluding hydrogens is 286 g/mol. The van der Waals surface area contributed by atoms with Crippen molar-refractivity contribution < 1.29 is 10.1 Å². The number of rotatable bonds is 4. The van der Waals surface area contributed by atoms with Crippen LogP contribution in [0.3, 0.4) is 0 Å². The average molecular weight is 295 g/mol. The molecule has 4 N–H and O–H groups in total. The molecule has 0 aliphatic rings. The van der Waals surface area contributed by atoms with E-state index >= 15 is 0 Å². The van der Waals surface area contributed by atoms with Crippen LogP contribution in [0.2, 0.25) is 0 Å². The summed E-state index contributed by atoms with van der Waals surface area (Å²) >= 11 is 1.04. The summed E-state index contributed by atoms with van der Waals surface area (Å²) in [5.41, 5.74) is 5.37. The van der Waals surface area contributed by atoms with E-state index in [2.05, 4.69) is 25.3 Å². The molecule has 0 saturated heterocycles. The van der Waals surface area contributed by atoms with E-state index < -0.39 is 4.92 Å².